The Kier molecular flexibility index (Phi) is 4.65. The summed E-state index contributed by atoms with van der Waals surface area (Å²) in [5.41, 5.74) is 5.09. The highest BCUT2D eigenvalue weighted by Gasteiger charge is 2.66. The first kappa shape index (κ1) is 19.3. The van der Waals surface area contributed by atoms with Crippen molar-refractivity contribution in [3.05, 3.63) is 101 Å². The second-order valence-corrected chi connectivity index (χ2v) is 8.78. The second kappa shape index (κ2) is 7.23. The minimum atomic E-state index is -0.960. The molecule has 2 atom stereocenters. The monoisotopic (exact) mass is 509 g/mol. The molecule has 1 amide bonds. The van der Waals surface area contributed by atoms with Gasteiger partial charge in [0.15, 0.2) is 0 Å². The van der Waals surface area contributed by atoms with Gasteiger partial charge in [0.1, 0.15) is 0 Å². The third kappa shape index (κ3) is 2.95. The topological polar surface area (TPSA) is 57.6 Å². The summed E-state index contributed by atoms with van der Waals surface area (Å²) in [6.07, 6.45) is 0.818. The Morgan fingerprint density at radius 1 is 1.03 bits per heavy atom. The highest BCUT2D eigenvalue weighted by Crippen LogP contribution is 2.66. The molecule has 5 rings (SSSR count). The SMILES string of the molecule is O=C(O)c1cccc(CN2C(=O)[C@]3(C[C@@H]3c3ccc(CI)cc3)c3ccccc32)c1. The Morgan fingerprint density at radius 3 is 2.53 bits per heavy atom. The van der Waals surface area contributed by atoms with Crippen molar-refractivity contribution >= 4 is 40.2 Å². The molecule has 1 spiro atoms. The molecule has 2 aliphatic rings. The Balaban J connectivity index is 1.49. The van der Waals surface area contributed by atoms with Crippen molar-refractivity contribution in [2.45, 2.75) is 28.7 Å². The average molecular weight is 509 g/mol. The minimum absolute atomic E-state index is 0.118. The van der Waals surface area contributed by atoms with Crippen LogP contribution < -0.4 is 4.90 Å². The van der Waals surface area contributed by atoms with Gasteiger partial charge in [-0.3, -0.25) is 4.79 Å². The number of amides is 1. The number of carbonyl (C=O) groups is 2. The number of benzene rings is 3. The summed E-state index contributed by atoms with van der Waals surface area (Å²) in [6, 6.07) is 23.5. The van der Waals surface area contributed by atoms with Gasteiger partial charge in [-0.15, -0.1) is 0 Å². The van der Waals surface area contributed by atoms with Crippen LogP contribution in [0, 0.1) is 0 Å². The maximum Gasteiger partial charge on any atom is 0.335 e. The molecule has 0 saturated heterocycles. The van der Waals surface area contributed by atoms with Crippen LogP contribution in [0.25, 0.3) is 0 Å². The van der Waals surface area contributed by atoms with Crippen molar-refractivity contribution in [3.8, 4) is 0 Å². The van der Waals surface area contributed by atoms with Crippen molar-refractivity contribution in [2.75, 3.05) is 4.90 Å². The lowest BCUT2D eigenvalue weighted by Gasteiger charge is -2.19. The van der Waals surface area contributed by atoms with E-state index in [2.05, 4.69) is 52.9 Å². The van der Waals surface area contributed by atoms with Crippen LogP contribution in [-0.4, -0.2) is 17.0 Å². The van der Waals surface area contributed by atoms with Crippen molar-refractivity contribution in [1.29, 1.82) is 0 Å². The van der Waals surface area contributed by atoms with E-state index in [9.17, 15) is 14.7 Å². The van der Waals surface area contributed by atoms with Crippen molar-refractivity contribution in [1.82, 2.24) is 0 Å². The number of anilines is 1. The van der Waals surface area contributed by atoms with Gasteiger partial charge in [0.25, 0.3) is 0 Å². The van der Waals surface area contributed by atoms with Crippen molar-refractivity contribution < 1.29 is 14.7 Å². The highest BCUT2D eigenvalue weighted by molar-refractivity contribution is 14.1. The summed E-state index contributed by atoms with van der Waals surface area (Å²) < 4.78 is 0.971. The third-order valence-corrected chi connectivity index (χ3v) is 7.19. The Morgan fingerprint density at radius 2 is 1.80 bits per heavy atom. The molecule has 150 valence electrons. The summed E-state index contributed by atoms with van der Waals surface area (Å²) in [5.74, 6) is -0.657. The Bertz CT molecular complexity index is 1160. The van der Waals surface area contributed by atoms with Crippen LogP contribution in [0.5, 0.6) is 0 Å². The van der Waals surface area contributed by atoms with Gasteiger partial charge >= 0.3 is 5.97 Å². The van der Waals surface area contributed by atoms with Gasteiger partial charge in [-0.1, -0.05) is 77.2 Å². The Hall–Kier alpha value is -2.67. The number of nitrogens with zero attached hydrogens (tertiary/aromatic N) is 1. The van der Waals surface area contributed by atoms with Gasteiger partial charge in [0.05, 0.1) is 17.5 Å². The van der Waals surface area contributed by atoms with Crippen LogP contribution in [0.4, 0.5) is 5.69 Å². The predicted octanol–water partition coefficient (Wildman–Crippen LogP) is 5.29. The maximum atomic E-state index is 13.7. The molecule has 1 aliphatic carbocycles. The number of alkyl halides is 1. The molecule has 1 saturated carbocycles. The first-order valence-corrected chi connectivity index (χ1v) is 11.5. The first-order chi connectivity index (χ1) is 14.5. The zero-order valence-electron chi connectivity index (χ0n) is 16.2. The quantitative estimate of drug-likeness (QED) is 0.376. The minimum Gasteiger partial charge on any atom is -0.478 e. The van der Waals surface area contributed by atoms with E-state index >= 15 is 0 Å². The lowest BCUT2D eigenvalue weighted by molar-refractivity contribution is -0.120. The summed E-state index contributed by atoms with van der Waals surface area (Å²) in [4.78, 5) is 26.8. The predicted molar refractivity (Wildman–Crippen MR) is 124 cm³/mol. The van der Waals surface area contributed by atoms with Crippen molar-refractivity contribution in [2.24, 2.45) is 0 Å². The summed E-state index contributed by atoms with van der Waals surface area (Å²) >= 11 is 2.35. The van der Waals surface area contributed by atoms with Crippen LogP contribution in [0.2, 0.25) is 0 Å². The molecule has 3 aromatic carbocycles. The zero-order chi connectivity index (χ0) is 20.9. The molecule has 0 aromatic heterocycles. The largest absolute Gasteiger partial charge is 0.478 e. The van der Waals surface area contributed by atoms with Gasteiger partial charge in [-0.05, 0) is 46.9 Å². The smallest absolute Gasteiger partial charge is 0.335 e. The van der Waals surface area contributed by atoms with Gasteiger partial charge in [0.2, 0.25) is 5.91 Å². The number of aromatic carboxylic acids is 1. The van der Waals surface area contributed by atoms with E-state index in [1.165, 1.54) is 11.1 Å². The third-order valence-electron chi connectivity index (χ3n) is 6.31. The number of fused-ring (bicyclic) bond motifs is 2. The van der Waals surface area contributed by atoms with E-state index < -0.39 is 11.4 Å². The number of carbonyl (C=O) groups excluding carboxylic acids is 1. The number of halogens is 1. The summed E-state index contributed by atoms with van der Waals surface area (Å²) in [7, 11) is 0. The molecule has 0 bridgehead atoms. The fourth-order valence-corrected chi connectivity index (χ4v) is 5.24. The van der Waals surface area contributed by atoms with Gasteiger partial charge in [-0.2, -0.15) is 0 Å². The first-order valence-electron chi connectivity index (χ1n) is 9.93. The van der Waals surface area contributed by atoms with E-state index in [4.69, 9.17) is 0 Å². The van der Waals surface area contributed by atoms with Gasteiger partial charge < -0.3 is 10.0 Å². The molecule has 5 heteroatoms. The molecule has 0 unspecified atom stereocenters. The molecule has 1 N–H and O–H groups in total. The van der Waals surface area contributed by atoms with Crippen LogP contribution >= 0.6 is 22.6 Å². The van der Waals surface area contributed by atoms with Crippen molar-refractivity contribution in [3.63, 3.8) is 0 Å². The summed E-state index contributed by atoms with van der Waals surface area (Å²) in [5, 5.41) is 9.29. The van der Waals surface area contributed by atoms with Crippen LogP contribution in [-0.2, 0) is 21.2 Å². The number of hydrogen-bond acceptors (Lipinski definition) is 2. The number of hydrogen-bond donors (Lipinski definition) is 1. The van der Waals surface area contributed by atoms with Crippen LogP contribution in [0.1, 0.15) is 45.0 Å². The zero-order valence-corrected chi connectivity index (χ0v) is 18.4. The maximum absolute atomic E-state index is 13.7. The molecule has 1 aliphatic heterocycles. The van der Waals surface area contributed by atoms with E-state index in [1.807, 2.05) is 29.2 Å². The van der Waals surface area contributed by atoms with E-state index in [0.29, 0.717) is 6.54 Å². The molecular weight excluding hydrogens is 489 g/mol. The fourth-order valence-electron chi connectivity index (χ4n) is 4.73. The number of para-hydroxylation sites is 1. The standard InChI is InChI=1S/C25H20INO3/c26-14-16-8-10-18(11-9-16)21-13-25(21)20-6-1-2-7-22(20)27(24(25)30)15-17-4-3-5-19(12-17)23(28)29/h1-12,21H,13-15H2,(H,28,29)/t21-,25-/m1/s1. The second-order valence-electron chi connectivity index (χ2n) is 8.02. The number of rotatable bonds is 5. The van der Waals surface area contributed by atoms with E-state index in [0.717, 1.165) is 27.7 Å². The average Bonchev–Trinajstić information content (AvgIpc) is 3.49. The van der Waals surface area contributed by atoms with Gasteiger partial charge in [-0.25, -0.2) is 4.79 Å². The lowest BCUT2D eigenvalue weighted by Crippen LogP contribution is -2.32. The fraction of sp³-hybridized carbons (Fsp3) is 0.200. The number of carboxylic acids is 1. The van der Waals surface area contributed by atoms with Gasteiger partial charge in [0, 0.05) is 16.0 Å². The van der Waals surface area contributed by atoms with E-state index in [-0.39, 0.29) is 17.4 Å². The summed E-state index contributed by atoms with van der Waals surface area (Å²) in [6.45, 7) is 0.374. The normalized spacial score (nSPS) is 21.7. The van der Waals surface area contributed by atoms with Crippen LogP contribution in [0.15, 0.2) is 72.8 Å². The Labute approximate surface area is 188 Å². The molecule has 30 heavy (non-hydrogen) atoms. The highest BCUT2D eigenvalue weighted by atomic mass is 127. The van der Waals surface area contributed by atoms with Crippen LogP contribution in [0.3, 0.4) is 0 Å². The molecule has 3 aromatic rings. The molecular formula is C25H20INO3. The molecule has 1 heterocycles. The lowest BCUT2D eigenvalue weighted by atomic mass is 9.92. The van der Waals surface area contributed by atoms with E-state index in [1.54, 1.807) is 18.2 Å². The molecule has 1 fully saturated rings. The molecule has 4 nitrogen and oxygen atoms in total. The number of carboxylic acid groups (broad SMARTS) is 1. The molecule has 0 radical (unpaired) electrons.